The van der Waals surface area contributed by atoms with Crippen molar-refractivity contribution in [2.24, 2.45) is 12.5 Å². The molecule has 0 saturated carbocycles. The van der Waals surface area contributed by atoms with Crippen LogP contribution in [0.4, 0.5) is 5.13 Å². The van der Waals surface area contributed by atoms with Gasteiger partial charge >= 0.3 is 0 Å². The van der Waals surface area contributed by atoms with Gasteiger partial charge in [-0.25, -0.2) is 4.98 Å². The Morgan fingerprint density at radius 1 is 1.26 bits per heavy atom. The molecule has 31 heavy (non-hydrogen) atoms. The van der Waals surface area contributed by atoms with Gasteiger partial charge in [0.2, 0.25) is 0 Å². The van der Waals surface area contributed by atoms with E-state index in [2.05, 4.69) is 48.1 Å². The fourth-order valence-corrected chi connectivity index (χ4v) is 5.74. The van der Waals surface area contributed by atoms with Gasteiger partial charge in [0, 0.05) is 31.8 Å². The first-order chi connectivity index (χ1) is 14.9. The smallest absolute Gasteiger partial charge is 0.186 e. The highest BCUT2D eigenvalue weighted by atomic mass is 32.1. The Morgan fingerprint density at radius 3 is 2.94 bits per heavy atom. The molecular weight excluding hydrogens is 408 g/mol. The number of hydrogen-bond donors (Lipinski definition) is 0. The third kappa shape index (κ3) is 4.16. The molecule has 1 aliphatic heterocycles. The van der Waals surface area contributed by atoms with Crippen molar-refractivity contribution in [2.45, 2.75) is 39.2 Å². The van der Waals surface area contributed by atoms with Crippen LogP contribution in [0.25, 0.3) is 11.1 Å². The standard InChI is InChI=1S/C24H28N4O2S/c1-24(2)11-20-22(21(29)12-24)31-23(26-20)28-7-8-30-15-19(28)10-16-5-4-6-17(9-16)18-13-25-27(3)14-18/h4-6,9,13-14,19H,7-8,10-12,15H2,1-3H3/t19-/m0/s1. The molecule has 0 N–H and O–H groups in total. The number of carbonyl (C=O) groups excluding carboxylic acids is 1. The number of anilines is 1. The second kappa shape index (κ2) is 7.88. The largest absolute Gasteiger partial charge is 0.377 e. The van der Waals surface area contributed by atoms with Gasteiger partial charge in [-0.15, -0.1) is 0 Å². The van der Waals surface area contributed by atoms with Crippen LogP contribution in [0.5, 0.6) is 0 Å². The number of ether oxygens (including phenoxy) is 1. The molecule has 3 heterocycles. The lowest BCUT2D eigenvalue weighted by molar-refractivity contribution is 0.0915. The van der Waals surface area contributed by atoms with E-state index < -0.39 is 0 Å². The van der Waals surface area contributed by atoms with E-state index in [9.17, 15) is 4.79 Å². The molecule has 1 aromatic carbocycles. The van der Waals surface area contributed by atoms with Crippen molar-refractivity contribution in [3.8, 4) is 11.1 Å². The zero-order valence-electron chi connectivity index (χ0n) is 18.3. The first kappa shape index (κ1) is 20.4. The lowest BCUT2D eigenvalue weighted by Gasteiger charge is -2.35. The molecule has 7 heteroatoms. The average Bonchev–Trinajstić information content (AvgIpc) is 3.34. The lowest BCUT2D eigenvalue weighted by atomic mass is 9.78. The number of fused-ring (bicyclic) bond motifs is 1. The number of benzene rings is 1. The van der Waals surface area contributed by atoms with Crippen LogP contribution < -0.4 is 4.90 Å². The van der Waals surface area contributed by atoms with E-state index in [0.717, 1.165) is 40.7 Å². The van der Waals surface area contributed by atoms with Crippen molar-refractivity contribution in [3.05, 3.63) is 52.8 Å². The summed E-state index contributed by atoms with van der Waals surface area (Å²) in [7, 11) is 1.93. The minimum Gasteiger partial charge on any atom is -0.377 e. The topological polar surface area (TPSA) is 60.2 Å². The highest BCUT2D eigenvalue weighted by Gasteiger charge is 2.36. The van der Waals surface area contributed by atoms with Gasteiger partial charge in [-0.1, -0.05) is 49.4 Å². The maximum atomic E-state index is 12.7. The van der Waals surface area contributed by atoms with E-state index in [1.165, 1.54) is 11.1 Å². The van der Waals surface area contributed by atoms with E-state index in [1.807, 2.05) is 24.1 Å². The van der Waals surface area contributed by atoms with Crippen molar-refractivity contribution in [1.29, 1.82) is 0 Å². The van der Waals surface area contributed by atoms with Crippen molar-refractivity contribution in [3.63, 3.8) is 0 Å². The minimum absolute atomic E-state index is 0.00737. The second-order valence-electron chi connectivity index (χ2n) is 9.44. The van der Waals surface area contributed by atoms with Crippen LogP contribution in [-0.4, -0.2) is 46.3 Å². The Bertz CT molecular complexity index is 1120. The van der Waals surface area contributed by atoms with E-state index >= 15 is 0 Å². The fraction of sp³-hybridized carbons (Fsp3) is 0.458. The SMILES string of the molecule is Cn1cc(-c2cccc(C[C@H]3COCCN3c3nc4c(s3)C(=O)CC(C)(C)C4)c2)cn1. The summed E-state index contributed by atoms with van der Waals surface area (Å²) in [6.45, 7) is 6.47. The zero-order chi connectivity index (χ0) is 21.6. The molecule has 0 spiro atoms. The predicted octanol–water partition coefficient (Wildman–Crippen LogP) is 4.15. The van der Waals surface area contributed by atoms with Gasteiger partial charge in [-0.05, 0) is 29.4 Å². The Balaban J connectivity index is 1.39. The van der Waals surface area contributed by atoms with Crippen molar-refractivity contribution in [2.75, 3.05) is 24.7 Å². The molecule has 1 atom stereocenters. The lowest BCUT2D eigenvalue weighted by Crippen LogP contribution is -2.46. The molecule has 162 valence electrons. The van der Waals surface area contributed by atoms with Crippen LogP contribution in [0.3, 0.4) is 0 Å². The molecule has 0 unspecified atom stereocenters. The van der Waals surface area contributed by atoms with Crippen molar-refractivity contribution < 1.29 is 9.53 Å². The Morgan fingerprint density at radius 2 is 2.13 bits per heavy atom. The summed E-state index contributed by atoms with van der Waals surface area (Å²) in [6.07, 6.45) is 6.28. The molecule has 0 amide bonds. The van der Waals surface area contributed by atoms with Gasteiger partial charge in [-0.2, -0.15) is 5.10 Å². The maximum Gasteiger partial charge on any atom is 0.186 e. The molecule has 5 rings (SSSR count). The number of hydrogen-bond acceptors (Lipinski definition) is 6. The van der Waals surface area contributed by atoms with E-state index in [4.69, 9.17) is 9.72 Å². The fourth-order valence-electron chi connectivity index (χ4n) is 4.63. The van der Waals surface area contributed by atoms with Gasteiger partial charge in [-0.3, -0.25) is 9.48 Å². The monoisotopic (exact) mass is 436 g/mol. The minimum atomic E-state index is -0.00737. The normalized spacial score (nSPS) is 20.7. The summed E-state index contributed by atoms with van der Waals surface area (Å²) in [5, 5.41) is 5.26. The van der Waals surface area contributed by atoms with Crippen LogP contribution in [0.2, 0.25) is 0 Å². The zero-order valence-corrected chi connectivity index (χ0v) is 19.1. The van der Waals surface area contributed by atoms with E-state index in [0.29, 0.717) is 19.6 Å². The predicted molar refractivity (Wildman–Crippen MR) is 123 cm³/mol. The highest BCUT2D eigenvalue weighted by molar-refractivity contribution is 7.17. The van der Waals surface area contributed by atoms with E-state index in [-0.39, 0.29) is 17.2 Å². The van der Waals surface area contributed by atoms with Crippen LogP contribution in [0.15, 0.2) is 36.7 Å². The molecule has 1 fully saturated rings. The number of aryl methyl sites for hydroxylation is 1. The van der Waals surface area contributed by atoms with Crippen LogP contribution in [0.1, 0.15) is 41.2 Å². The number of carbonyl (C=O) groups is 1. The molecule has 1 aliphatic carbocycles. The molecule has 0 radical (unpaired) electrons. The Kier molecular flexibility index (Phi) is 5.18. The van der Waals surface area contributed by atoms with Crippen LogP contribution in [0, 0.1) is 5.41 Å². The molecule has 6 nitrogen and oxygen atoms in total. The van der Waals surface area contributed by atoms with Gasteiger partial charge in [0.25, 0.3) is 0 Å². The number of morpholine rings is 1. The van der Waals surface area contributed by atoms with Gasteiger partial charge in [0.05, 0.1) is 36.0 Å². The maximum absolute atomic E-state index is 12.7. The van der Waals surface area contributed by atoms with Gasteiger partial charge < -0.3 is 9.64 Å². The summed E-state index contributed by atoms with van der Waals surface area (Å²) >= 11 is 1.57. The van der Waals surface area contributed by atoms with E-state index in [1.54, 1.807) is 11.3 Å². The first-order valence-corrected chi connectivity index (χ1v) is 11.6. The first-order valence-electron chi connectivity index (χ1n) is 10.8. The Labute approximate surface area is 186 Å². The number of thiazole rings is 1. The number of rotatable bonds is 4. The molecule has 2 aromatic heterocycles. The highest BCUT2D eigenvalue weighted by Crippen LogP contribution is 2.40. The third-order valence-corrected chi connectivity index (χ3v) is 7.31. The van der Waals surface area contributed by atoms with Crippen molar-refractivity contribution in [1.82, 2.24) is 14.8 Å². The Hall–Kier alpha value is -2.51. The summed E-state index contributed by atoms with van der Waals surface area (Å²) < 4.78 is 7.66. The summed E-state index contributed by atoms with van der Waals surface area (Å²) in [4.78, 5) is 20.8. The van der Waals surface area contributed by atoms with Crippen LogP contribution >= 0.6 is 11.3 Å². The third-order valence-electron chi connectivity index (χ3n) is 6.13. The summed E-state index contributed by atoms with van der Waals surface area (Å²) in [5.41, 5.74) is 4.53. The summed E-state index contributed by atoms with van der Waals surface area (Å²) in [5.74, 6) is 0.240. The molecule has 0 bridgehead atoms. The molecule has 3 aromatic rings. The second-order valence-corrected chi connectivity index (χ2v) is 10.4. The van der Waals surface area contributed by atoms with Crippen LogP contribution in [-0.2, 0) is 24.6 Å². The number of Topliss-reactive ketones (excluding diaryl/α,β-unsaturated/α-hetero) is 1. The molecular formula is C24H28N4O2S. The van der Waals surface area contributed by atoms with Gasteiger partial charge in [0.15, 0.2) is 10.9 Å². The quantitative estimate of drug-likeness (QED) is 0.615. The average molecular weight is 437 g/mol. The number of ketones is 1. The van der Waals surface area contributed by atoms with Crippen molar-refractivity contribution >= 4 is 22.3 Å². The number of aromatic nitrogens is 3. The molecule has 1 saturated heterocycles. The number of nitrogens with zero attached hydrogens (tertiary/aromatic N) is 4. The molecule has 2 aliphatic rings. The van der Waals surface area contributed by atoms with Gasteiger partial charge in [0.1, 0.15) is 0 Å². The summed E-state index contributed by atoms with van der Waals surface area (Å²) in [6, 6.07) is 8.84.